The fraction of sp³-hybridized carbons (Fsp3) is 0.258. The van der Waals surface area contributed by atoms with Gasteiger partial charge in [0.2, 0.25) is 0 Å². The zero-order valence-corrected chi connectivity index (χ0v) is 21.9. The highest BCUT2D eigenvalue weighted by molar-refractivity contribution is 6.00. The van der Waals surface area contributed by atoms with Crippen molar-refractivity contribution in [3.63, 3.8) is 0 Å². The number of benzene rings is 2. The van der Waals surface area contributed by atoms with Crippen molar-refractivity contribution in [2.24, 2.45) is 0 Å². The van der Waals surface area contributed by atoms with Crippen molar-refractivity contribution in [3.8, 4) is 22.5 Å². The van der Waals surface area contributed by atoms with Crippen LogP contribution in [0.1, 0.15) is 62.8 Å². The third-order valence-electron chi connectivity index (χ3n) is 5.23. The van der Waals surface area contributed by atoms with Crippen molar-refractivity contribution in [1.29, 1.82) is 0 Å². The first-order valence-corrected chi connectivity index (χ1v) is 12.5. The van der Waals surface area contributed by atoms with Gasteiger partial charge >= 0.3 is 0 Å². The molecule has 0 spiro atoms. The minimum Gasteiger partial charge on any atom is -0.348 e. The minimum atomic E-state index is -1.08. The molecule has 2 heterocycles. The molecule has 2 aliphatic heterocycles. The van der Waals surface area contributed by atoms with Crippen LogP contribution in [0.2, 0.25) is 0 Å². The van der Waals surface area contributed by atoms with Crippen molar-refractivity contribution in [2.75, 3.05) is 0 Å². The van der Waals surface area contributed by atoms with Gasteiger partial charge in [0.25, 0.3) is 0 Å². The van der Waals surface area contributed by atoms with Gasteiger partial charge in [-0.1, -0.05) is 82.3 Å². The summed E-state index contributed by atoms with van der Waals surface area (Å²) >= 11 is 0. The van der Waals surface area contributed by atoms with Crippen LogP contribution in [0.4, 0.5) is 4.39 Å². The summed E-state index contributed by atoms with van der Waals surface area (Å²) in [5.74, 6) is 0.555. The highest BCUT2D eigenvalue weighted by atomic mass is 19.1. The van der Waals surface area contributed by atoms with Crippen LogP contribution in [-0.4, -0.2) is 26.5 Å². The minimum absolute atomic E-state index is 0.0568. The summed E-state index contributed by atoms with van der Waals surface area (Å²) in [6, 6.07) is 17.8. The number of hydrogen-bond donors (Lipinski definition) is 0. The number of imidazole rings is 1. The first-order valence-electron chi connectivity index (χ1n) is 12.5. The molecule has 188 valence electrons. The highest BCUT2D eigenvalue weighted by Gasteiger charge is 2.11. The van der Waals surface area contributed by atoms with Crippen LogP contribution in [0.5, 0.6) is 0 Å². The Morgan fingerprint density at radius 1 is 1.00 bits per heavy atom. The number of fused-ring (bicyclic) bond motifs is 1. The number of halogens is 1. The molecule has 2 aromatic carbocycles. The van der Waals surface area contributed by atoms with Gasteiger partial charge in [-0.15, -0.1) is 6.58 Å². The van der Waals surface area contributed by atoms with E-state index in [0.717, 1.165) is 33.6 Å². The number of pyridine rings is 1. The second-order valence-electron chi connectivity index (χ2n) is 7.67. The van der Waals surface area contributed by atoms with E-state index in [1.54, 1.807) is 19.1 Å². The van der Waals surface area contributed by atoms with Gasteiger partial charge in [0.15, 0.2) is 11.6 Å². The third-order valence-corrected chi connectivity index (χ3v) is 5.23. The molecule has 2 aromatic rings. The van der Waals surface area contributed by atoms with Gasteiger partial charge in [-0.05, 0) is 48.3 Å². The van der Waals surface area contributed by atoms with Crippen LogP contribution in [0.25, 0.3) is 28.6 Å². The monoisotopic (exact) mass is 485 g/mol. The average molecular weight is 486 g/mol. The van der Waals surface area contributed by atoms with E-state index in [-0.39, 0.29) is 12.2 Å². The number of nitrogens with zero attached hydrogens (tertiary/aromatic N) is 3. The molecule has 0 saturated heterocycles. The van der Waals surface area contributed by atoms with Crippen molar-refractivity contribution in [1.82, 2.24) is 14.5 Å². The molecule has 2 aliphatic rings. The van der Waals surface area contributed by atoms with E-state index in [1.807, 2.05) is 87.1 Å². The fourth-order valence-electron chi connectivity index (χ4n) is 3.61. The van der Waals surface area contributed by atoms with E-state index in [2.05, 4.69) is 28.7 Å². The van der Waals surface area contributed by atoms with Crippen LogP contribution in [0.15, 0.2) is 85.7 Å². The molecule has 36 heavy (non-hydrogen) atoms. The summed E-state index contributed by atoms with van der Waals surface area (Å²) < 4.78 is 15.7. The Balaban J connectivity index is 0.00000109. The molecular weight excluding hydrogens is 449 g/mol. The SMILES string of the molecule is C=CCC(F)/C=C/c1nc2ccn(Cc3ccc(-c4ccccc4C(C)=O)cc3)cc-2n1.CC.CC. The summed E-state index contributed by atoms with van der Waals surface area (Å²) in [4.78, 5) is 20.8. The van der Waals surface area contributed by atoms with Crippen LogP contribution in [-0.2, 0) is 6.54 Å². The molecule has 0 amide bonds. The van der Waals surface area contributed by atoms with Gasteiger partial charge in [-0.3, -0.25) is 4.79 Å². The molecule has 4 nitrogen and oxygen atoms in total. The van der Waals surface area contributed by atoms with Crippen molar-refractivity contribution >= 4 is 11.9 Å². The number of rotatable bonds is 8. The Morgan fingerprint density at radius 2 is 1.67 bits per heavy atom. The maximum Gasteiger partial charge on any atom is 0.160 e. The molecule has 1 atom stereocenters. The van der Waals surface area contributed by atoms with Gasteiger partial charge < -0.3 is 4.57 Å². The predicted molar refractivity (Wildman–Crippen MR) is 149 cm³/mol. The zero-order chi connectivity index (χ0) is 26.5. The molecule has 4 rings (SSSR count). The summed E-state index contributed by atoms with van der Waals surface area (Å²) in [7, 11) is 0. The number of ketones is 1. The summed E-state index contributed by atoms with van der Waals surface area (Å²) in [6.45, 7) is 13.8. The van der Waals surface area contributed by atoms with E-state index in [4.69, 9.17) is 0 Å². The summed E-state index contributed by atoms with van der Waals surface area (Å²) in [5.41, 5.74) is 5.35. The molecule has 0 N–H and O–H groups in total. The van der Waals surface area contributed by atoms with Crippen LogP contribution >= 0.6 is 0 Å². The first-order chi connectivity index (χ1) is 17.5. The average Bonchev–Trinajstić information content (AvgIpc) is 3.33. The van der Waals surface area contributed by atoms with E-state index < -0.39 is 6.17 Å². The summed E-state index contributed by atoms with van der Waals surface area (Å²) in [6.07, 6.45) is 7.70. The van der Waals surface area contributed by atoms with Gasteiger partial charge in [-0.2, -0.15) is 0 Å². The van der Waals surface area contributed by atoms with E-state index >= 15 is 0 Å². The molecule has 0 bridgehead atoms. The molecule has 0 aliphatic carbocycles. The Bertz CT molecular complexity index is 1240. The lowest BCUT2D eigenvalue weighted by Gasteiger charge is -2.10. The van der Waals surface area contributed by atoms with Crippen molar-refractivity contribution in [2.45, 2.75) is 53.8 Å². The second kappa shape index (κ2) is 14.5. The molecule has 0 aromatic heterocycles. The number of hydrogen-bond acceptors (Lipinski definition) is 3. The standard InChI is InChI=1S/C27H24FN3O.2C2H6/c1-3-6-22(28)13-14-27-29-25-15-16-31(18-26(25)30-27)17-20-9-11-21(12-10-20)24-8-5-4-7-23(24)19(2)32;2*1-2/h3-5,7-16,18,22H,1,6,17H2,2H3;2*1-2H3/b14-13+;;. The number of carbonyl (C=O) groups excluding carboxylic acids is 1. The lowest BCUT2D eigenvalue weighted by Crippen LogP contribution is -2.01. The Kier molecular flexibility index (Phi) is 11.4. The zero-order valence-electron chi connectivity index (χ0n) is 21.9. The Morgan fingerprint density at radius 3 is 2.33 bits per heavy atom. The van der Waals surface area contributed by atoms with Gasteiger partial charge in [-0.25, -0.2) is 14.4 Å². The molecule has 1 unspecified atom stereocenters. The lowest BCUT2D eigenvalue weighted by molar-refractivity contribution is 0.101. The Labute approximate surface area is 214 Å². The smallest absolute Gasteiger partial charge is 0.160 e. The van der Waals surface area contributed by atoms with Gasteiger partial charge in [0.05, 0.1) is 5.69 Å². The molecule has 0 fully saturated rings. The van der Waals surface area contributed by atoms with E-state index in [1.165, 1.54) is 6.08 Å². The summed E-state index contributed by atoms with van der Waals surface area (Å²) in [5, 5.41) is 0. The van der Waals surface area contributed by atoms with Crippen LogP contribution < -0.4 is 0 Å². The van der Waals surface area contributed by atoms with Gasteiger partial charge in [0.1, 0.15) is 11.9 Å². The lowest BCUT2D eigenvalue weighted by atomic mass is 9.97. The maximum absolute atomic E-state index is 13.6. The number of Topliss-reactive ketones (excluding diaryl/α,β-unsaturated/α-hetero) is 1. The third kappa shape index (κ3) is 7.57. The second-order valence-corrected chi connectivity index (χ2v) is 7.67. The number of alkyl halides is 1. The normalized spacial score (nSPS) is 11.3. The van der Waals surface area contributed by atoms with Crippen molar-refractivity contribution in [3.05, 3.63) is 103 Å². The number of carbonyl (C=O) groups is 1. The van der Waals surface area contributed by atoms with E-state index in [9.17, 15) is 9.18 Å². The highest BCUT2D eigenvalue weighted by Crippen LogP contribution is 2.25. The number of allylic oxidation sites excluding steroid dienone is 2. The molecule has 0 radical (unpaired) electrons. The molecule has 0 saturated carbocycles. The first kappa shape index (κ1) is 28.4. The maximum atomic E-state index is 13.6. The quantitative estimate of drug-likeness (QED) is 0.186. The van der Waals surface area contributed by atoms with Crippen LogP contribution in [0, 0.1) is 0 Å². The molecular formula is C31H36FN3O. The van der Waals surface area contributed by atoms with Crippen molar-refractivity contribution < 1.29 is 9.18 Å². The largest absolute Gasteiger partial charge is 0.348 e. The number of aromatic nitrogens is 3. The van der Waals surface area contributed by atoms with E-state index in [0.29, 0.717) is 12.4 Å². The van der Waals surface area contributed by atoms with Crippen LogP contribution in [0.3, 0.4) is 0 Å². The Hall–Kier alpha value is -3.86. The molecule has 5 heteroatoms. The predicted octanol–water partition coefficient (Wildman–Crippen LogP) is 8.28. The topological polar surface area (TPSA) is 47.8 Å². The fourth-order valence-corrected chi connectivity index (χ4v) is 3.61. The van der Waals surface area contributed by atoms with Gasteiger partial charge in [0, 0.05) is 24.5 Å².